The molecule has 0 saturated heterocycles. The summed E-state index contributed by atoms with van der Waals surface area (Å²) in [6.07, 6.45) is 0. The van der Waals surface area contributed by atoms with Gasteiger partial charge in [-0.15, -0.1) is 11.8 Å². The molecular formula is C18H15BrN2O3S. The molecule has 0 amide bonds. The molecule has 1 aromatic heterocycles. The molecule has 3 rings (SSSR count). The number of ether oxygens (including phenoxy) is 2. The summed E-state index contributed by atoms with van der Waals surface area (Å²) in [6, 6.07) is 7.58. The largest absolute Gasteiger partial charge is 0.486 e. The van der Waals surface area contributed by atoms with Crippen molar-refractivity contribution in [1.82, 2.24) is 4.98 Å². The summed E-state index contributed by atoms with van der Waals surface area (Å²) in [6.45, 7) is 4.34. The van der Waals surface area contributed by atoms with Crippen molar-refractivity contribution in [2.75, 3.05) is 13.2 Å². The van der Waals surface area contributed by atoms with Crippen LogP contribution in [0.2, 0.25) is 0 Å². The highest BCUT2D eigenvalue weighted by molar-refractivity contribution is 9.10. The van der Waals surface area contributed by atoms with Crippen molar-refractivity contribution in [2.45, 2.75) is 24.6 Å². The van der Waals surface area contributed by atoms with Gasteiger partial charge in [-0.05, 0) is 37.6 Å². The van der Waals surface area contributed by atoms with Crippen LogP contribution in [-0.2, 0) is 5.75 Å². The predicted octanol–water partition coefficient (Wildman–Crippen LogP) is 4.29. The number of nitrogens with zero attached hydrogens (tertiary/aromatic N) is 2. The Balaban J connectivity index is 1.86. The minimum absolute atomic E-state index is 0.0902. The van der Waals surface area contributed by atoms with Gasteiger partial charge in [0, 0.05) is 21.5 Å². The first-order valence-corrected chi connectivity index (χ1v) is 9.41. The van der Waals surface area contributed by atoms with Crippen LogP contribution < -0.4 is 9.47 Å². The Hall–Kier alpha value is -2.04. The number of nitriles is 1. The van der Waals surface area contributed by atoms with Crippen LogP contribution in [0, 0.1) is 18.3 Å². The fourth-order valence-corrected chi connectivity index (χ4v) is 4.13. The van der Waals surface area contributed by atoms with Crippen molar-refractivity contribution >= 4 is 33.5 Å². The van der Waals surface area contributed by atoms with E-state index in [-0.39, 0.29) is 5.78 Å². The molecule has 2 heterocycles. The average molecular weight is 419 g/mol. The Kier molecular flexibility index (Phi) is 5.30. The molecule has 7 heteroatoms. The van der Waals surface area contributed by atoms with Crippen LogP contribution >= 0.6 is 27.7 Å². The van der Waals surface area contributed by atoms with Crippen molar-refractivity contribution in [1.29, 1.82) is 5.26 Å². The number of carbonyl (C=O) groups excluding carboxylic acids is 1. The lowest BCUT2D eigenvalue weighted by atomic mass is 10.1. The predicted molar refractivity (Wildman–Crippen MR) is 98.4 cm³/mol. The van der Waals surface area contributed by atoms with Gasteiger partial charge in [-0.25, -0.2) is 4.98 Å². The quantitative estimate of drug-likeness (QED) is 0.544. The lowest BCUT2D eigenvalue weighted by Crippen LogP contribution is -2.15. The van der Waals surface area contributed by atoms with E-state index in [1.165, 1.54) is 18.7 Å². The number of ketones is 1. The summed E-state index contributed by atoms with van der Waals surface area (Å²) < 4.78 is 12.1. The van der Waals surface area contributed by atoms with Crippen LogP contribution in [0.15, 0.2) is 27.7 Å². The van der Waals surface area contributed by atoms with Gasteiger partial charge < -0.3 is 9.47 Å². The molecule has 1 aromatic carbocycles. The Labute approximate surface area is 158 Å². The summed E-state index contributed by atoms with van der Waals surface area (Å²) >= 11 is 5.00. The SMILES string of the molecule is CC(=O)c1cc(C#N)c(SCc2cc3c(cc2Br)OCCO3)nc1C. The minimum Gasteiger partial charge on any atom is -0.486 e. The number of pyridine rings is 1. The molecule has 0 unspecified atom stereocenters. The fraction of sp³-hybridized carbons (Fsp3) is 0.278. The normalized spacial score (nSPS) is 12.6. The smallest absolute Gasteiger partial charge is 0.162 e. The number of aromatic nitrogens is 1. The van der Waals surface area contributed by atoms with Gasteiger partial charge in [0.25, 0.3) is 0 Å². The van der Waals surface area contributed by atoms with Crippen LogP contribution in [0.5, 0.6) is 11.5 Å². The van der Waals surface area contributed by atoms with Crippen LogP contribution in [0.1, 0.15) is 34.1 Å². The fourth-order valence-electron chi connectivity index (χ4n) is 2.49. The third-order valence-corrected chi connectivity index (χ3v) is 5.53. The van der Waals surface area contributed by atoms with Crippen molar-refractivity contribution in [3.05, 3.63) is 45.1 Å². The van der Waals surface area contributed by atoms with E-state index in [9.17, 15) is 10.1 Å². The molecule has 5 nitrogen and oxygen atoms in total. The van der Waals surface area contributed by atoms with Crippen molar-refractivity contribution < 1.29 is 14.3 Å². The number of benzene rings is 1. The zero-order valence-corrected chi connectivity index (χ0v) is 16.2. The van der Waals surface area contributed by atoms with Crippen LogP contribution in [-0.4, -0.2) is 24.0 Å². The van der Waals surface area contributed by atoms with Gasteiger partial charge >= 0.3 is 0 Å². The zero-order valence-electron chi connectivity index (χ0n) is 13.8. The Morgan fingerprint density at radius 3 is 2.64 bits per heavy atom. The van der Waals surface area contributed by atoms with E-state index < -0.39 is 0 Å². The summed E-state index contributed by atoms with van der Waals surface area (Å²) in [7, 11) is 0. The Bertz CT molecular complexity index is 893. The van der Waals surface area contributed by atoms with Crippen molar-refractivity contribution in [3.63, 3.8) is 0 Å². The lowest BCUT2D eigenvalue weighted by molar-refractivity contribution is 0.101. The maximum atomic E-state index is 11.6. The van der Waals surface area contributed by atoms with Crippen LogP contribution in [0.4, 0.5) is 0 Å². The maximum Gasteiger partial charge on any atom is 0.162 e. The number of rotatable bonds is 4. The van der Waals surface area contributed by atoms with E-state index in [0.717, 1.165) is 21.5 Å². The van der Waals surface area contributed by atoms with Gasteiger partial charge in [0.1, 0.15) is 24.3 Å². The first-order valence-electron chi connectivity index (χ1n) is 7.63. The van der Waals surface area contributed by atoms with E-state index in [2.05, 4.69) is 27.0 Å². The number of Topliss-reactive ketones (excluding diaryl/α,β-unsaturated/α-hetero) is 1. The molecule has 0 radical (unpaired) electrons. The molecule has 0 bridgehead atoms. The first-order chi connectivity index (χ1) is 12.0. The number of fused-ring (bicyclic) bond motifs is 1. The molecule has 0 spiro atoms. The topological polar surface area (TPSA) is 72.2 Å². The standard InChI is InChI=1S/C18H15BrN2O3S/c1-10-14(11(2)22)5-12(8-20)18(21-10)25-9-13-6-16-17(7-15(13)19)24-4-3-23-16/h5-7H,3-4,9H2,1-2H3. The summed E-state index contributed by atoms with van der Waals surface area (Å²) in [5, 5.41) is 9.98. The van der Waals surface area contributed by atoms with Gasteiger partial charge in [0.15, 0.2) is 17.3 Å². The lowest BCUT2D eigenvalue weighted by Gasteiger charge is -2.20. The second-order valence-corrected chi connectivity index (χ2v) is 7.34. The molecule has 0 fully saturated rings. The van der Waals surface area contributed by atoms with E-state index in [4.69, 9.17) is 9.47 Å². The summed E-state index contributed by atoms with van der Waals surface area (Å²) in [4.78, 5) is 16.1. The average Bonchev–Trinajstić information content (AvgIpc) is 2.59. The van der Waals surface area contributed by atoms with E-state index in [0.29, 0.717) is 40.8 Å². The molecule has 2 aromatic rings. The van der Waals surface area contributed by atoms with Gasteiger partial charge in [-0.2, -0.15) is 5.26 Å². The van der Waals surface area contributed by atoms with Crippen LogP contribution in [0.25, 0.3) is 0 Å². The maximum absolute atomic E-state index is 11.6. The molecule has 25 heavy (non-hydrogen) atoms. The minimum atomic E-state index is -0.0902. The second kappa shape index (κ2) is 7.46. The molecule has 0 atom stereocenters. The van der Waals surface area contributed by atoms with E-state index >= 15 is 0 Å². The summed E-state index contributed by atoms with van der Waals surface area (Å²) in [5.74, 6) is 1.97. The summed E-state index contributed by atoms with van der Waals surface area (Å²) in [5.41, 5.74) is 2.55. The molecular weight excluding hydrogens is 404 g/mol. The molecule has 1 aliphatic rings. The zero-order chi connectivity index (χ0) is 18.0. The number of halogens is 1. The van der Waals surface area contributed by atoms with E-state index in [1.54, 1.807) is 13.0 Å². The van der Waals surface area contributed by atoms with Gasteiger partial charge in [-0.3, -0.25) is 4.79 Å². The number of hydrogen-bond acceptors (Lipinski definition) is 6. The first kappa shape index (κ1) is 17.8. The van der Waals surface area contributed by atoms with Crippen molar-refractivity contribution in [3.8, 4) is 17.6 Å². The highest BCUT2D eigenvalue weighted by Crippen LogP contribution is 2.38. The third kappa shape index (κ3) is 3.80. The molecule has 0 N–H and O–H groups in total. The Morgan fingerprint density at radius 1 is 1.32 bits per heavy atom. The van der Waals surface area contributed by atoms with Gasteiger partial charge in [0.05, 0.1) is 5.56 Å². The molecule has 128 valence electrons. The molecule has 0 saturated carbocycles. The van der Waals surface area contributed by atoms with Gasteiger partial charge in [0.2, 0.25) is 0 Å². The van der Waals surface area contributed by atoms with Crippen LogP contribution in [0.3, 0.4) is 0 Å². The van der Waals surface area contributed by atoms with Gasteiger partial charge in [-0.1, -0.05) is 15.9 Å². The number of aryl methyl sites for hydroxylation is 1. The number of thioether (sulfide) groups is 1. The number of hydrogen-bond donors (Lipinski definition) is 0. The highest BCUT2D eigenvalue weighted by Gasteiger charge is 2.17. The van der Waals surface area contributed by atoms with E-state index in [1.807, 2.05) is 12.1 Å². The highest BCUT2D eigenvalue weighted by atomic mass is 79.9. The molecule has 1 aliphatic heterocycles. The third-order valence-electron chi connectivity index (χ3n) is 3.75. The second-order valence-electron chi connectivity index (χ2n) is 5.52. The monoisotopic (exact) mass is 418 g/mol. The Morgan fingerprint density at radius 2 is 2.00 bits per heavy atom. The van der Waals surface area contributed by atoms with Crippen molar-refractivity contribution in [2.24, 2.45) is 0 Å². The molecule has 0 aliphatic carbocycles. The number of carbonyl (C=O) groups is 1.